The van der Waals surface area contributed by atoms with E-state index in [1.807, 2.05) is 77.8 Å². The van der Waals surface area contributed by atoms with Crippen molar-refractivity contribution in [2.24, 2.45) is 10.1 Å². The van der Waals surface area contributed by atoms with Gasteiger partial charge in [0.1, 0.15) is 5.25 Å². The van der Waals surface area contributed by atoms with Crippen LogP contribution >= 0.6 is 23.4 Å². The third-order valence-electron chi connectivity index (χ3n) is 5.66. The standard InChI is InChI=1S/C26H20ClN3O2S/c27-20-13-11-18(12-14-20)22-15-21(17-7-3-1-4-8-17)29-30(22)26-28-25(32)24(33-26)16-23(31)19-9-5-2-6-10-19/h1-14,22,24H,15-16H2/t22-,24+/m1/s1. The van der Waals surface area contributed by atoms with E-state index in [4.69, 9.17) is 16.7 Å². The number of carbonyl (C=O) groups excluding carboxylic acids is 2. The molecular weight excluding hydrogens is 454 g/mol. The molecule has 7 heteroatoms. The Bertz CT molecular complexity index is 1240. The fourth-order valence-corrected chi connectivity index (χ4v) is 5.14. The van der Waals surface area contributed by atoms with Crippen LogP contribution in [0.25, 0.3) is 0 Å². The van der Waals surface area contributed by atoms with E-state index in [1.165, 1.54) is 11.8 Å². The molecule has 33 heavy (non-hydrogen) atoms. The molecule has 5 nitrogen and oxygen atoms in total. The Morgan fingerprint density at radius 2 is 1.64 bits per heavy atom. The highest BCUT2D eigenvalue weighted by atomic mass is 35.5. The molecule has 2 aliphatic heterocycles. The predicted octanol–water partition coefficient (Wildman–Crippen LogP) is 5.76. The average molecular weight is 474 g/mol. The Morgan fingerprint density at radius 1 is 0.970 bits per heavy atom. The summed E-state index contributed by atoms with van der Waals surface area (Å²) in [6, 6.07) is 26.6. The first-order chi connectivity index (χ1) is 16.1. The SMILES string of the molecule is O=C(C[C@@H]1SC(N2N=C(c3ccccc3)C[C@@H]2c2ccc(Cl)cc2)=NC1=O)c1ccccc1. The van der Waals surface area contributed by atoms with Crippen LogP contribution in [0.5, 0.6) is 0 Å². The molecule has 0 radical (unpaired) electrons. The monoisotopic (exact) mass is 473 g/mol. The van der Waals surface area contributed by atoms with Crippen molar-refractivity contribution in [2.45, 2.75) is 24.1 Å². The highest BCUT2D eigenvalue weighted by molar-refractivity contribution is 8.15. The maximum atomic E-state index is 12.7. The van der Waals surface area contributed by atoms with Crippen LogP contribution < -0.4 is 0 Å². The number of amides is 1. The molecule has 2 heterocycles. The van der Waals surface area contributed by atoms with Crippen molar-refractivity contribution in [3.8, 4) is 0 Å². The molecule has 0 unspecified atom stereocenters. The van der Waals surface area contributed by atoms with Gasteiger partial charge in [-0.3, -0.25) is 9.59 Å². The number of halogens is 1. The molecule has 3 aromatic carbocycles. The molecule has 5 rings (SSSR count). The van der Waals surface area contributed by atoms with Crippen molar-refractivity contribution in [2.75, 3.05) is 0 Å². The van der Waals surface area contributed by atoms with Crippen LogP contribution in [0.4, 0.5) is 0 Å². The number of thioether (sulfide) groups is 1. The fourth-order valence-electron chi connectivity index (χ4n) is 3.95. The van der Waals surface area contributed by atoms with Crippen molar-refractivity contribution in [3.63, 3.8) is 0 Å². The van der Waals surface area contributed by atoms with Gasteiger partial charge in [0.05, 0.1) is 11.8 Å². The van der Waals surface area contributed by atoms with E-state index >= 15 is 0 Å². The van der Waals surface area contributed by atoms with Gasteiger partial charge in [0.15, 0.2) is 11.0 Å². The molecule has 0 fully saturated rings. The second-order valence-corrected chi connectivity index (χ2v) is 9.47. The largest absolute Gasteiger partial charge is 0.294 e. The quantitative estimate of drug-likeness (QED) is 0.442. The normalized spacial score (nSPS) is 20.0. The molecular formula is C26H20ClN3O2S. The van der Waals surface area contributed by atoms with Crippen molar-refractivity contribution in [3.05, 3.63) is 107 Å². The van der Waals surface area contributed by atoms with Gasteiger partial charge in [-0.1, -0.05) is 96.2 Å². The number of carbonyl (C=O) groups is 2. The lowest BCUT2D eigenvalue weighted by Crippen LogP contribution is -2.24. The van der Waals surface area contributed by atoms with Gasteiger partial charge < -0.3 is 0 Å². The Morgan fingerprint density at radius 3 is 2.33 bits per heavy atom. The number of ketones is 1. The van der Waals surface area contributed by atoms with E-state index in [0.29, 0.717) is 22.2 Å². The Kier molecular flexibility index (Phi) is 6.11. The number of Topliss-reactive ketones (excluding diaryl/α,β-unsaturated/α-hetero) is 1. The first kappa shape index (κ1) is 21.6. The van der Waals surface area contributed by atoms with Gasteiger partial charge in [-0.05, 0) is 23.3 Å². The zero-order valence-electron chi connectivity index (χ0n) is 17.6. The van der Waals surface area contributed by atoms with E-state index in [1.54, 1.807) is 12.1 Å². The van der Waals surface area contributed by atoms with E-state index in [2.05, 4.69) is 4.99 Å². The number of benzene rings is 3. The highest BCUT2D eigenvalue weighted by Crippen LogP contribution is 2.39. The minimum Gasteiger partial charge on any atom is -0.294 e. The summed E-state index contributed by atoms with van der Waals surface area (Å²) in [7, 11) is 0. The molecule has 3 aromatic rings. The highest BCUT2D eigenvalue weighted by Gasteiger charge is 2.39. The molecule has 1 amide bonds. The Labute approximate surface area is 201 Å². The minimum atomic E-state index is -0.547. The number of aliphatic imine (C=N–C) groups is 1. The summed E-state index contributed by atoms with van der Waals surface area (Å²) in [6.07, 6.45) is 0.780. The maximum Gasteiger partial charge on any atom is 0.262 e. The second-order valence-electron chi connectivity index (χ2n) is 7.86. The number of hydrazone groups is 1. The molecule has 0 aliphatic carbocycles. The number of amidine groups is 1. The summed E-state index contributed by atoms with van der Waals surface area (Å²) in [6.45, 7) is 0. The topological polar surface area (TPSA) is 62.1 Å². The fraction of sp³-hybridized carbons (Fsp3) is 0.154. The third kappa shape index (κ3) is 4.63. The van der Waals surface area contributed by atoms with Crippen LogP contribution in [-0.2, 0) is 4.79 Å². The van der Waals surface area contributed by atoms with Crippen LogP contribution in [0.15, 0.2) is 95.0 Å². The lowest BCUT2D eigenvalue weighted by atomic mass is 9.99. The van der Waals surface area contributed by atoms with Gasteiger partial charge >= 0.3 is 0 Å². The molecule has 0 N–H and O–H groups in total. The summed E-state index contributed by atoms with van der Waals surface area (Å²) in [5, 5.41) is 7.32. The second kappa shape index (κ2) is 9.33. The molecule has 0 bridgehead atoms. The summed E-state index contributed by atoms with van der Waals surface area (Å²) in [5.41, 5.74) is 3.59. The number of rotatable bonds is 5. The first-order valence-electron chi connectivity index (χ1n) is 10.6. The zero-order valence-corrected chi connectivity index (χ0v) is 19.2. The van der Waals surface area contributed by atoms with Gasteiger partial charge in [-0.15, -0.1) is 0 Å². The zero-order chi connectivity index (χ0) is 22.8. The van der Waals surface area contributed by atoms with Gasteiger partial charge in [-0.2, -0.15) is 10.1 Å². The summed E-state index contributed by atoms with van der Waals surface area (Å²) in [5.74, 6) is -0.362. The van der Waals surface area contributed by atoms with Gasteiger partial charge in [0.2, 0.25) is 0 Å². The average Bonchev–Trinajstić information content (AvgIpc) is 3.45. The molecule has 2 atom stereocenters. The number of nitrogens with zero attached hydrogens (tertiary/aromatic N) is 3. The van der Waals surface area contributed by atoms with Crippen LogP contribution in [-0.4, -0.2) is 32.8 Å². The first-order valence-corrected chi connectivity index (χ1v) is 11.9. The van der Waals surface area contributed by atoms with Gasteiger partial charge in [0, 0.05) is 23.4 Å². The third-order valence-corrected chi connectivity index (χ3v) is 7.06. The van der Waals surface area contributed by atoms with E-state index in [9.17, 15) is 9.59 Å². The number of hydrogen-bond acceptors (Lipinski definition) is 5. The van der Waals surface area contributed by atoms with Crippen LogP contribution in [0.2, 0.25) is 5.02 Å². The smallest absolute Gasteiger partial charge is 0.262 e. The van der Waals surface area contributed by atoms with E-state index < -0.39 is 5.25 Å². The summed E-state index contributed by atoms with van der Waals surface area (Å²) < 4.78 is 0. The van der Waals surface area contributed by atoms with Gasteiger partial charge in [0.25, 0.3) is 5.91 Å². The van der Waals surface area contributed by atoms with Crippen LogP contribution in [0.3, 0.4) is 0 Å². The summed E-state index contributed by atoms with van der Waals surface area (Å²) >= 11 is 7.41. The minimum absolute atomic E-state index is 0.0675. The Balaban J connectivity index is 1.40. The molecule has 2 aliphatic rings. The van der Waals surface area contributed by atoms with Crippen molar-refractivity contribution in [1.29, 1.82) is 0 Å². The van der Waals surface area contributed by atoms with Crippen LogP contribution in [0, 0.1) is 0 Å². The Hall–Kier alpha value is -3.22. The maximum absolute atomic E-state index is 12.7. The van der Waals surface area contributed by atoms with Crippen molar-refractivity contribution in [1.82, 2.24) is 5.01 Å². The molecule has 0 saturated carbocycles. The summed E-state index contributed by atoms with van der Waals surface area (Å²) in [4.78, 5) is 29.7. The van der Waals surface area contributed by atoms with Crippen molar-refractivity contribution >= 4 is 45.9 Å². The van der Waals surface area contributed by atoms with E-state index in [0.717, 1.165) is 16.8 Å². The van der Waals surface area contributed by atoms with Gasteiger partial charge in [-0.25, -0.2) is 5.01 Å². The lowest BCUT2D eigenvalue weighted by Gasteiger charge is -2.23. The number of hydrogen-bond donors (Lipinski definition) is 0. The van der Waals surface area contributed by atoms with Crippen LogP contribution in [0.1, 0.15) is 40.4 Å². The molecule has 0 saturated heterocycles. The predicted molar refractivity (Wildman–Crippen MR) is 133 cm³/mol. The van der Waals surface area contributed by atoms with Crippen molar-refractivity contribution < 1.29 is 9.59 Å². The molecule has 0 aromatic heterocycles. The lowest BCUT2D eigenvalue weighted by molar-refractivity contribution is -0.117. The molecule has 0 spiro atoms. The molecule has 164 valence electrons. The van der Waals surface area contributed by atoms with E-state index in [-0.39, 0.29) is 24.2 Å².